The molecule has 0 spiro atoms. The second-order valence-electron chi connectivity index (χ2n) is 5.11. The molecule has 0 aliphatic rings. The van der Waals surface area contributed by atoms with Gasteiger partial charge in [-0.1, -0.05) is 17.7 Å². The Labute approximate surface area is 145 Å². The Hall–Kier alpha value is -2.44. The molecule has 0 bridgehead atoms. The first-order valence-electron chi connectivity index (χ1n) is 7.29. The normalized spacial score (nSPS) is 11.6. The van der Waals surface area contributed by atoms with Crippen molar-refractivity contribution in [1.82, 2.24) is 10.3 Å². The highest BCUT2D eigenvalue weighted by molar-refractivity contribution is 6.34. The lowest BCUT2D eigenvalue weighted by Gasteiger charge is -2.18. The van der Waals surface area contributed by atoms with Gasteiger partial charge in [0.25, 0.3) is 5.91 Å². The van der Waals surface area contributed by atoms with E-state index in [1.165, 1.54) is 13.0 Å². The molecule has 1 atom stereocenters. The van der Waals surface area contributed by atoms with Crippen molar-refractivity contribution in [3.63, 3.8) is 0 Å². The van der Waals surface area contributed by atoms with E-state index in [0.717, 1.165) is 0 Å². The number of amides is 2. The van der Waals surface area contributed by atoms with Crippen molar-refractivity contribution in [3.8, 4) is 0 Å². The molecule has 2 rings (SSSR count). The highest BCUT2D eigenvalue weighted by Gasteiger charge is 2.19. The van der Waals surface area contributed by atoms with Gasteiger partial charge in [-0.2, -0.15) is 0 Å². The van der Waals surface area contributed by atoms with Crippen molar-refractivity contribution in [2.24, 2.45) is 0 Å². The van der Waals surface area contributed by atoms with Crippen molar-refractivity contribution in [1.29, 1.82) is 0 Å². The number of methoxy groups -OCH3 is 1. The van der Waals surface area contributed by atoms with Gasteiger partial charge in [0.1, 0.15) is 0 Å². The molecule has 0 fully saturated rings. The first kappa shape index (κ1) is 17.9. The SMILES string of the molecule is COC[C@@H](NC(=O)c1cc(NC(C)=O)ccc1Cl)c1ccccn1. The number of rotatable bonds is 6. The Bertz CT molecular complexity index is 722. The van der Waals surface area contributed by atoms with E-state index in [0.29, 0.717) is 16.4 Å². The quantitative estimate of drug-likeness (QED) is 0.842. The molecule has 0 unspecified atom stereocenters. The molecule has 0 aliphatic carbocycles. The van der Waals surface area contributed by atoms with Gasteiger partial charge in [0.15, 0.2) is 0 Å². The summed E-state index contributed by atoms with van der Waals surface area (Å²) in [4.78, 5) is 28.0. The number of anilines is 1. The van der Waals surface area contributed by atoms with E-state index >= 15 is 0 Å². The lowest BCUT2D eigenvalue weighted by Crippen LogP contribution is -2.32. The molecule has 24 heavy (non-hydrogen) atoms. The third-order valence-electron chi connectivity index (χ3n) is 3.21. The molecule has 0 radical (unpaired) electrons. The van der Waals surface area contributed by atoms with Crippen LogP contribution in [0.2, 0.25) is 5.02 Å². The molecule has 0 saturated carbocycles. The lowest BCUT2D eigenvalue weighted by atomic mass is 10.1. The van der Waals surface area contributed by atoms with Gasteiger partial charge >= 0.3 is 0 Å². The van der Waals surface area contributed by atoms with Gasteiger partial charge in [-0.15, -0.1) is 0 Å². The van der Waals surface area contributed by atoms with Gasteiger partial charge in [0.05, 0.1) is 28.9 Å². The fourth-order valence-corrected chi connectivity index (χ4v) is 2.37. The van der Waals surface area contributed by atoms with Gasteiger partial charge in [-0.05, 0) is 30.3 Å². The Morgan fingerprint density at radius 3 is 2.71 bits per heavy atom. The lowest BCUT2D eigenvalue weighted by molar-refractivity contribution is -0.114. The van der Waals surface area contributed by atoms with Crippen LogP contribution in [0.1, 0.15) is 29.0 Å². The number of ether oxygens (including phenoxy) is 1. The maximum Gasteiger partial charge on any atom is 0.253 e. The molecule has 7 heteroatoms. The predicted octanol–water partition coefficient (Wildman–Crippen LogP) is 2.81. The van der Waals surface area contributed by atoms with Crippen molar-refractivity contribution in [2.75, 3.05) is 19.0 Å². The van der Waals surface area contributed by atoms with Crippen LogP contribution in [-0.2, 0) is 9.53 Å². The minimum atomic E-state index is -0.413. The summed E-state index contributed by atoms with van der Waals surface area (Å²) in [6, 6.07) is 9.74. The van der Waals surface area contributed by atoms with Crippen LogP contribution in [0.25, 0.3) is 0 Å². The largest absolute Gasteiger partial charge is 0.382 e. The maximum absolute atomic E-state index is 12.6. The van der Waals surface area contributed by atoms with E-state index in [2.05, 4.69) is 15.6 Å². The number of benzene rings is 1. The van der Waals surface area contributed by atoms with E-state index in [9.17, 15) is 9.59 Å². The Morgan fingerprint density at radius 1 is 1.29 bits per heavy atom. The van der Waals surface area contributed by atoms with Gasteiger partial charge in [0, 0.05) is 25.9 Å². The molecule has 1 aromatic heterocycles. The van der Waals surface area contributed by atoms with E-state index in [1.54, 1.807) is 37.6 Å². The Morgan fingerprint density at radius 2 is 2.08 bits per heavy atom. The topological polar surface area (TPSA) is 80.3 Å². The van der Waals surface area contributed by atoms with Crippen LogP contribution >= 0.6 is 11.6 Å². The molecular formula is C17H18ClN3O3. The standard InChI is InChI=1S/C17H18ClN3O3/c1-11(22)20-12-6-7-14(18)13(9-12)17(23)21-16(10-24-2)15-5-3-4-8-19-15/h3-9,16H,10H2,1-2H3,(H,20,22)(H,21,23)/t16-/m1/s1. The van der Waals surface area contributed by atoms with Gasteiger partial charge in [0.2, 0.25) is 5.91 Å². The van der Waals surface area contributed by atoms with E-state index < -0.39 is 6.04 Å². The summed E-state index contributed by atoms with van der Waals surface area (Å²) in [5, 5.41) is 5.76. The van der Waals surface area contributed by atoms with Gasteiger partial charge < -0.3 is 15.4 Å². The number of aromatic nitrogens is 1. The fraction of sp³-hybridized carbons (Fsp3) is 0.235. The molecule has 1 heterocycles. The number of hydrogen-bond donors (Lipinski definition) is 2. The van der Waals surface area contributed by atoms with E-state index in [1.807, 2.05) is 6.07 Å². The molecule has 0 saturated heterocycles. The Kier molecular flexibility index (Phi) is 6.28. The monoisotopic (exact) mass is 347 g/mol. The molecule has 1 aromatic carbocycles. The summed E-state index contributed by atoms with van der Waals surface area (Å²) in [6.45, 7) is 1.66. The zero-order valence-electron chi connectivity index (χ0n) is 13.4. The van der Waals surface area contributed by atoms with Crippen LogP contribution in [0, 0.1) is 0 Å². The highest BCUT2D eigenvalue weighted by Crippen LogP contribution is 2.22. The van der Waals surface area contributed by atoms with Crippen LogP contribution in [0.15, 0.2) is 42.6 Å². The van der Waals surface area contributed by atoms with Gasteiger partial charge in [-0.25, -0.2) is 0 Å². The summed E-state index contributed by atoms with van der Waals surface area (Å²) >= 11 is 6.11. The fourth-order valence-electron chi connectivity index (χ4n) is 2.17. The highest BCUT2D eigenvalue weighted by atomic mass is 35.5. The molecule has 126 valence electrons. The third-order valence-corrected chi connectivity index (χ3v) is 3.54. The molecule has 0 aliphatic heterocycles. The summed E-state index contributed by atoms with van der Waals surface area (Å²) in [5.41, 5.74) is 1.44. The maximum atomic E-state index is 12.6. The van der Waals surface area contributed by atoms with Crippen LogP contribution in [0.4, 0.5) is 5.69 Å². The summed E-state index contributed by atoms with van der Waals surface area (Å²) in [7, 11) is 1.55. The first-order chi connectivity index (χ1) is 11.5. The average molecular weight is 348 g/mol. The second-order valence-corrected chi connectivity index (χ2v) is 5.52. The minimum absolute atomic E-state index is 0.227. The number of carbonyl (C=O) groups excluding carboxylic acids is 2. The number of nitrogens with zero attached hydrogens (tertiary/aromatic N) is 1. The average Bonchev–Trinajstić information content (AvgIpc) is 2.56. The van der Waals surface area contributed by atoms with E-state index in [-0.39, 0.29) is 24.0 Å². The molecule has 2 amide bonds. The Balaban J connectivity index is 2.22. The summed E-state index contributed by atoms with van der Waals surface area (Å²) in [5.74, 6) is -0.602. The van der Waals surface area contributed by atoms with Crippen molar-refractivity contribution in [3.05, 3.63) is 58.9 Å². The van der Waals surface area contributed by atoms with Crippen LogP contribution in [0.3, 0.4) is 0 Å². The van der Waals surface area contributed by atoms with Crippen LogP contribution in [0.5, 0.6) is 0 Å². The molecule has 2 aromatic rings. The second kappa shape index (κ2) is 8.42. The molecular weight excluding hydrogens is 330 g/mol. The number of hydrogen-bond acceptors (Lipinski definition) is 4. The molecule has 6 nitrogen and oxygen atoms in total. The van der Waals surface area contributed by atoms with Crippen molar-refractivity contribution in [2.45, 2.75) is 13.0 Å². The number of halogens is 1. The van der Waals surface area contributed by atoms with Crippen molar-refractivity contribution >= 4 is 29.1 Å². The van der Waals surface area contributed by atoms with Crippen molar-refractivity contribution < 1.29 is 14.3 Å². The zero-order valence-corrected chi connectivity index (χ0v) is 14.1. The first-order valence-corrected chi connectivity index (χ1v) is 7.67. The smallest absolute Gasteiger partial charge is 0.253 e. The third kappa shape index (κ3) is 4.78. The zero-order chi connectivity index (χ0) is 17.5. The summed E-state index contributed by atoms with van der Waals surface area (Å²) in [6.07, 6.45) is 1.65. The molecule has 2 N–H and O–H groups in total. The number of pyridine rings is 1. The minimum Gasteiger partial charge on any atom is -0.382 e. The van der Waals surface area contributed by atoms with E-state index in [4.69, 9.17) is 16.3 Å². The van der Waals surface area contributed by atoms with Crippen LogP contribution in [-0.4, -0.2) is 30.5 Å². The van der Waals surface area contributed by atoms with Gasteiger partial charge in [-0.3, -0.25) is 14.6 Å². The number of nitrogens with one attached hydrogen (secondary N) is 2. The number of carbonyl (C=O) groups is 2. The predicted molar refractivity (Wildman–Crippen MR) is 92.1 cm³/mol. The summed E-state index contributed by atoms with van der Waals surface area (Å²) < 4.78 is 5.16. The van der Waals surface area contributed by atoms with Crippen LogP contribution < -0.4 is 10.6 Å².